The van der Waals surface area contributed by atoms with Crippen molar-refractivity contribution < 1.29 is 32.3 Å². The Hall–Kier alpha value is -2.98. The van der Waals surface area contributed by atoms with Crippen molar-refractivity contribution in [1.29, 1.82) is 0 Å². The number of ether oxygens (including phenoxy) is 2. The van der Waals surface area contributed by atoms with E-state index in [1.54, 1.807) is 18.2 Å². The number of ketones is 1. The van der Waals surface area contributed by atoms with Gasteiger partial charge in [-0.3, -0.25) is 9.59 Å². The number of methoxy groups -OCH3 is 1. The predicted octanol–water partition coefficient (Wildman–Crippen LogP) is 2.74. The summed E-state index contributed by atoms with van der Waals surface area (Å²) < 4.78 is 39.5. The first kappa shape index (κ1) is 25.6. The lowest BCUT2D eigenvalue weighted by Gasteiger charge is -2.30. The Morgan fingerprint density at radius 2 is 1.71 bits per heavy atom. The number of hydrogen-bond donors (Lipinski definition) is 0. The number of benzene rings is 1. The summed E-state index contributed by atoms with van der Waals surface area (Å²) >= 11 is 0. The fourth-order valence-electron chi connectivity index (χ4n) is 4.34. The lowest BCUT2D eigenvalue weighted by atomic mass is 9.98. The van der Waals surface area contributed by atoms with Gasteiger partial charge in [0, 0.05) is 36.6 Å². The van der Waals surface area contributed by atoms with Gasteiger partial charge in [0.2, 0.25) is 15.8 Å². The molecule has 1 aromatic carbocycles. The van der Waals surface area contributed by atoms with Gasteiger partial charge in [-0.25, -0.2) is 13.2 Å². The van der Waals surface area contributed by atoms with Crippen LogP contribution in [0.25, 0.3) is 0 Å². The highest BCUT2D eigenvalue weighted by molar-refractivity contribution is 7.89. The third kappa shape index (κ3) is 5.07. The highest BCUT2D eigenvalue weighted by Gasteiger charge is 2.35. The van der Waals surface area contributed by atoms with Crippen LogP contribution in [0.3, 0.4) is 0 Å². The number of carbonyl (C=O) groups is 3. The molecule has 0 N–H and O–H groups in total. The molecule has 0 unspecified atom stereocenters. The van der Waals surface area contributed by atoms with Gasteiger partial charge in [0.05, 0.1) is 23.5 Å². The lowest BCUT2D eigenvalue weighted by molar-refractivity contribution is -0.148. The molecule has 0 atom stereocenters. The Bertz CT molecular complexity index is 1190. The molecule has 0 aliphatic carbocycles. The fraction of sp³-hybridized carbons (Fsp3) is 0.458. The Labute approximate surface area is 199 Å². The van der Waals surface area contributed by atoms with Crippen molar-refractivity contribution in [3.05, 3.63) is 52.8 Å². The predicted molar refractivity (Wildman–Crippen MR) is 124 cm³/mol. The molecule has 3 rings (SSSR count). The Kier molecular flexibility index (Phi) is 7.93. The van der Waals surface area contributed by atoms with Crippen molar-refractivity contribution in [2.45, 2.75) is 45.1 Å². The maximum Gasteiger partial charge on any atom is 0.339 e. The van der Waals surface area contributed by atoms with Crippen molar-refractivity contribution >= 4 is 27.7 Å². The van der Waals surface area contributed by atoms with Gasteiger partial charge >= 0.3 is 11.9 Å². The van der Waals surface area contributed by atoms with Crippen LogP contribution in [-0.2, 0) is 30.8 Å². The number of sulfonamides is 1. The molecule has 1 aromatic heterocycles. The average molecular weight is 491 g/mol. The van der Waals surface area contributed by atoms with Crippen molar-refractivity contribution in [2.24, 2.45) is 5.92 Å². The summed E-state index contributed by atoms with van der Waals surface area (Å²) in [5, 5.41) is 0. The quantitative estimate of drug-likeness (QED) is 0.413. The van der Waals surface area contributed by atoms with Crippen LogP contribution < -0.4 is 0 Å². The van der Waals surface area contributed by atoms with E-state index in [1.165, 1.54) is 23.5 Å². The number of rotatable bonds is 8. The van der Waals surface area contributed by atoms with Crippen molar-refractivity contribution in [3.63, 3.8) is 0 Å². The first-order chi connectivity index (χ1) is 16.1. The molecule has 0 radical (unpaired) electrons. The summed E-state index contributed by atoms with van der Waals surface area (Å²) in [4.78, 5) is 37.0. The minimum atomic E-state index is -3.94. The molecule has 9 nitrogen and oxygen atoms in total. The van der Waals surface area contributed by atoms with E-state index in [-0.39, 0.29) is 48.8 Å². The number of hydrogen-bond acceptors (Lipinski definition) is 7. The number of esters is 2. The van der Waals surface area contributed by atoms with Gasteiger partial charge in [0.25, 0.3) is 0 Å². The molecule has 184 valence electrons. The van der Waals surface area contributed by atoms with Crippen LogP contribution in [0, 0.1) is 19.8 Å². The van der Waals surface area contributed by atoms with Crippen LogP contribution in [-0.4, -0.2) is 61.8 Å². The molecule has 2 heterocycles. The maximum atomic E-state index is 13.1. The van der Waals surface area contributed by atoms with E-state index < -0.39 is 27.9 Å². The fourth-order valence-corrected chi connectivity index (χ4v) is 5.99. The molecule has 1 saturated heterocycles. The summed E-state index contributed by atoms with van der Waals surface area (Å²) in [7, 11) is -2.75. The smallest absolute Gasteiger partial charge is 0.339 e. The van der Waals surface area contributed by atoms with Gasteiger partial charge in [0.1, 0.15) is 0 Å². The number of Topliss-reactive ketones (excluding diaryl/α,β-unsaturated/α-hetero) is 1. The van der Waals surface area contributed by atoms with E-state index in [9.17, 15) is 22.8 Å². The van der Waals surface area contributed by atoms with Gasteiger partial charge in [-0.15, -0.1) is 0 Å². The summed E-state index contributed by atoms with van der Waals surface area (Å²) in [5.41, 5.74) is 2.31. The number of nitrogens with zero attached hydrogens (tertiary/aromatic N) is 2. The molecule has 1 fully saturated rings. The molecule has 1 aliphatic heterocycles. The number of piperidine rings is 1. The highest BCUT2D eigenvalue weighted by Crippen LogP contribution is 2.27. The van der Waals surface area contributed by atoms with E-state index in [4.69, 9.17) is 9.47 Å². The molecule has 0 amide bonds. The number of aryl methyl sites for hydroxylation is 1. The van der Waals surface area contributed by atoms with E-state index in [0.717, 1.165) is 17.9 Å². The highest BCUT2D eigenvalue weighted by atomic mass is 32.2. The normalized spacial score (nSPS) is 15.2. The van der Waals surface area contributed by atoms with Gasteiger partial charge in [-0.1, -0.05) is 12.1 Å². The van der Waals surface area contributed by atoms with Crippen LogP contribution in [0.15, 0.2) is 35.2 Å². The second-order valence-electron chi connectivity index (χ2n) is 8.23. The summed E-state index contributed by atoms with van der Waals surface area (Å²) in [5.74, 6) is -2.01. The van der Waals surface area contributed by atoms with Crippen molar-refractivity contribution in [1.82, 2.24) is 8.87 Å². The molecule has 10 heteroatoms. The Morgan fingerprint density at radius 1 is 1.06 bits per heavy atom. The zero-order valence-electron chi connectivity index (χ0n) is 19.9. The molecule has 2 aromatic rings. The zero-order valence-corrected chi connectivity index (χ0v) is 20.7. The minimum Gasteiger partial charge on any atom is -0.465 e. The van der Waals surface area contributed by atoms with Gasteiger partial charge in [-0.2, -0.15) is 4.31 Å². The molecule has 0 spiro atoms. The second-order valence-corrected chi connectivity index (χ2v) is 10.1. The van der Waals surface area contributed by atoms with Crippen molar-refractivity contribution in [3.8, 4) is 0 Å². The first-order valence-electron chi connectivity index (χ1n) is 11.2. The van der Waals surface area contributed by atoms with Crippen LogP contribution in [0.1, 0.15) is 51.9 Å². The molecule has 34 heavy (non-hydrogen) atoms. The maximum absolute atomic E-state index is 13.1. The Balaban J connectivity index is 1.60. The largest absolute Gasteiger partial charge is 0.465 e. The SMILES string of the molecule is CCn1c(C)cc(C(=O)COC(=O)C2CCN(S(=O)(=O)c3ccccc3C(=O)OC)CC2)c1C. The van der Waals surface area contributed by atoms with E-state index in [1.807, 2.05) is 25.3 Å². The van der Waals surface area contributed by atoms with Crippen LogP contribution in [0.4, 0.5) is 0 Å². The lowest BCUT2D eigenvalue weighted by Crippen LogP contribution is -2.41. The van der Waals surface area contributed by atoms with Crippen LogP contribution in [0.2, 0.25) is 0 Å². The minimum absolute atomic E-state index is 0.0347. The molecule has 0 saturated carbocycles. The number of carbonyl (C=O) groups excluding carboxylic acids is 3. The van der Waals surface area contributed by atoms with Gasteiger partial charge in [0.15, 0.2) is 6.61 Å². The van der Waals surface area contributed by atoms with E-state index in [2.05, 4.69) is 0 Å². The first-order valence-corrected chi connectivity index (χ1v) is 12.6. The van der Waals surface area contributed by atoms with Crippen LogP contribution in [0.5, 0.6) is 0 Å². The van der Waals surface area contributed by atoms with E-state index in [0.29, 0.717) is 5.56 Å². The van der Waals surface area contributed by atoms with Crippen LogP contribution >= 0.6 is 0 Å². The summed E-state index contributed by atoms with van der Waals surface area (Å²) in [6.07, 6.45) is 0.522. The summed E-state index contributed by atoms with van der Waals surface area (Å²) in [6, 6.07) is 7.67. The monoisotopic (exact) mass is 490 g/mol. The van der Waals surface area contributed by atoms with Crippen molar-refractivity contribution in [2.75, 3.05) is 26.8 Å². The van der Waals surface area contributed by atoms with E-state index >= 15 is 0 Å². The molecular weight excluding hydrogens is 460 g/mol. The molecule has 0 bridgehead atoms. The van der Waals surface area contributed by atoms with Gasteiger partial charge in [-0.05, 0) is 51.8 Å². The molecule has 1 aliphatic rings. The third-order valence-electron chi connectivity index (χ3n) is 6.23. The zero-order chi connectivity index (χ0) is 25.0. The average Bonchev–Trinajstić information content (AvgIpc) is 3.14. The Morgan fingerprint density at radius 3 is 2.29 bits per heavy atom. The topological polar surface area (TPSA) is 112 Å². The van der Waals surface area contributed by atoms with Gasteiger partial charge < -0.3 is 14.0 Å². The summed E-state index contributed by atoms with van der Waals surface area (Å²) in [6.45, 7) is 6.38. The molecular formula is C24H30N2O7S. The number of aromatic nitrogens is 1. The second kappa shape index (κ2) is 10.5. The standard InChI is InChI=1S/C24H30N2O7S/c1-5-26-16(2)14-20(17(26)3)21(27)15-33-23(28)18-10-12-25(13-11-18)34(30,31)22-9-7-6-8-19(22)24(29)32-4/h6-9,14,18H,5,10-13,15H2,1-4H3. The third-order valence-corrected chi connectivity index (χ3v) is 8.19.